The highest BCUT2D eigenvalue weighted by molar-refractivity contribution is 5.89. The van der Waals surface area contributed by atoms with Gasteiger partial charge >= 0.3 is 12.1 Å². The summed E-state index contributed by atoms with van der Waals surface area (Å²) in [6, 6.07) is 8.39. The number of alkyl halides is 3. The average Bonchev–Trinajstić information content (AvgIpc) is 2.59. The van der Waals surface area contributed by atoms with Crippen molar-refractivity contribution in [3.8, 4) is 0 Å². The molecular weight excluding hydrogens is 349 g/mol. The second-order valence-electron chi connectivity index (χ2n) is 5.67. The van der Waals surface area contributed by atoms with Crippen LogP contribution < -0.4 is 5.56 Å². The van der Waals surface area contributed by atoms with E-state index >= 15 is 0 Å². The molecule has 3 rings (SSSR count). The van der Waals surface area contributed by atoms with Gasteiger partial charge in [0.2, 0.25) is 0 Å². The predicted octanol–water partition coefficient (Wildman–Crippen LogP) is 3.38. The highest BCUT2D eigenvalue weighted by atomic mass is 19.4. The standard InChI is InChI=1S/C18H13F3N2O3/c1-11-2-7-15-22-14(8-16(24)23(15)9-11)10-26-17(25)12-3-5-13(6-4-12)18(19,20)21/h2-9H,10H2,1H3. The highest BCUT2D eigenvalue weighted by Gasteiger charge is 2.30. The summed E-state index contributed by atoms with van der Waals surface area (Å²) in [7, 11) is 0. The van der Waals surface area contributed by atoms with E-state index in [1.807, 2.05) is 6.92 Å². The predicted molar refractivity (Wildman–Crippen MR) is 86.8 cm³/mol. The molecule has 3 aromatic rings. The topological polar surface area (TPSA) is 60.7 Å². The molecule has 0 aliphatic rings. The van der Waals surface area contributed by atoms with Gasteiger partial charge in [0.15, 0.2) is 0 Å². The smallest absolute Gasteiger partial charge is 0.416 e. The number of carbonyl (C=O) groups is 1. The first-order valence-corrected chi connectivity index (χ1v) is 7.57. The zero-order valence-corrected chi connectivity index (χ0v) is 13.6. The minimum absolute atomic E-state index is 0.0221. The van der Waals surface area contributed by atoms with Crippen LogP contribution in [0.2, 0.25) is 0 Å². The second kappa shape index (κ2) is 6.62. The second-order valence-corrected chi connectivity index (χ2v) is 5.67. The third-order valence-corrected chi connectivity index (χ3v) is 3.66. The Bertz CT molecular complexity index is 1020. The van der Waals surface area contributed by atoms with Gasteiger partial charge in [-0.1, -0.05) is 6.07 Å². The molecule has 0 bridgehead atoms. The Morgan fingerprint density at radius 1 is 1.15 bits per heavy atom. The molecule has 0 aliphatic carbocycles. The molecule has 0 saturated heterocycles. The molecule has 0 amide bonds. The van der Waals surface area contributed by atoms with Gasteiger partial charge in [-0.2, -0.15) is 13.2 Å². The van der Waals surface area contributed by atoms with Gasteiger partial charge in [-0.05, 0) is 42.8 Å². The first-order chi connectivity index (χ1) is 12.2. The maximum Gasteiger partial charge on any atom is 0.416 e. The van der Waals surface area contributed by atoms with Crippen LogP contribution in [0.5, 0.6) is 0 Å². The van der Waals surface area contributed by atoms with E-state index in [4.69, 9.17) is 4.74 Å². The maximum atomic E-state index is 12.5. The number of hydrogen-bond donors (Lipinski definition) is 0. The van der Waals surface area contributed by atoms with Gasteiger partial charge < -0.3 is 4.74 Å². The Balaban J connectivity index is 1.74. The van der Waals surface area contributed by atoms with Gasteiger partial charge in [0.1, 0.15) is 12.3 Å². The number of benzene rings is 1. The van der Waals surface area contributed by atoms with Crippen LogP contribution in [0, 0.1) is 6.92 Å². The third-order valence-electron chi connectivity index (χ3n) is 3.66. The summed E-state index contributed by atoms with van der Waals surface area (Å²) in [4.78, 5) is 28.3. The van der Waals surface area contributed by atoms with Gasteiger partial charge in [0.05, 0.1) is 16.8 Å². The molecule has 1 aromatic carbocycles. The van der Waals surface area contributed by atoms with E-state index in [0.717, 1.165) is 29.8 Å². The fourth-order valence-electron chi connectivity index (χ4n) is 2.35. The van der Waals surface area contributed by atoms with Crippen LogP contribution in [0.4, 0.5) is 13.2 Å². The fraction of sp³-hybridized carbons (Fsp3) is 0.167. The van der Waals surface area contributed by atoms with E-state index in [9.17, 15) is 22.8 Å². The van der Waals surface area contributed by atoms with Crippen molar-refractivity contribution < 1.29 is 22.7 Å². The molecule has 26 heavy (non-hydrogen) atoms. The van der Waals surface area contributed by atoms with E-state index in [0.29, 0.717) is 5.65 Å². The normalized spacial score (nSPS) is 11.5. The van der Waals surface area contributed by atoms with Crippen LogP contribution >= 0.6 is 0 Å². The van der Waals surface area contributed by atoms with Gasteiger partial charge in [-0.15, -0.1) is 0 Å². The number of rotatable bonds is 3. The zero-order chi connectivity index (χ0) is 18.9. The molecular formula is C18H13F3N2O3. The molecule has 5 nitrogen and oxygen atoms in total. The number of ether oxygens (including phenoxy) is 1. The van der Waals surface area contributed by atoms with Crippen molar-refractivity contribution in [3.05, 3.63) is 81.4 Å². The fourth-order valence-corrected chi connectivity index (χ4v) is 2.35. The van der Waals surface area contributed by atoms with Crippen molar-refractivity contribution in [3.63, 3.8) is 0 Å². The Morgan fingerprint density at radius 3 is 2.50 bits per heavy atom. The molecule has 0 unspecified atom stereocenters. The van der Waals surface area contributed by atoms with Gasteiger partial charge in [0.25, 0.3) is 5.56 Å². The Labute approximate surface area is 145 Å². The number of aryl methyl sites for hydroxylation is 1. The lowest BCUT2D eigenvalue weighted by molar-refractivity contribution is -0.137. The summed E-state index contributed by atoms with van der Waals surface area (Å²) in [6.45, 7) is 1.57. The van der Waals surface area contributed by atoms with Gasteiger partial charge in [-0.25, -0.2) is 9.78 Å². The molecule has 0 N–H and O–H groups in total. The number of hydrogen-bond acceptors (Lipinski definition) is 4. The Kier molecular flexibility index (Phi) is 4.50. The molecule has 0 atom stereocenters. The SMILES string of the molecule is Cc1ccc2nc(COC(=O)c3ccc(C(F)(F)F)cc3)cc(=O)n2c1. The van der Waals surface area contributed by atoms with Crippen molar-refractivity contribution in [1.29, 1.82) is 0 Å². The molecule has 0 aliphatic heterocycles. The summed E-state index contributed by atoms with van der Waals surface area (Å²) in [5.41, 5.74) is 0.352. The maximum absolute atomic E-state index is 12.5. The van der Waals surface area contributed by atoms with Gasteiger partial charge in [0, 0.05) is 12.3 Å². The molecule has 0 saturated carbocycles. The quantitative estimate of drug-likeness (QED) is 0.670. The lowest BCUT2D eigenvalue weighted by Gasteiger charge is -2.08. The minimum Gasteiger partial charge on any atom is -0.456 e. The molecule has 0 radical (unpaired) electrons. The minimum atomic E-state index is -4.47. The lowest BCUT2D eigenvalue weighted by Crippen LogP contribution is -2.17. The lowest BCUT2D eigenvalue weighted by atomic mass is 10.1. The first-order valence-electron chi connectivity index (χ1n) is 7.57. The molecule has 2 aromatic heterocycles. The first kappa shape index (κ1) is 17.7. The molecule has 0 spiro atoms. The van der Waals surface area contributed by atoms with Crippen molar-refractivity contribution in [2.24, 2.45) is 0 Å². The summed E-state index contributed by atoms with van der Waals surface area (Å²) in [6.07, 6.45) is -2.83. The van der Waals surface area contributed by atoms with E-state index in [-0.39, 0.29) is 23.4 Å². The van der Waals surface area contributed by atoms with Crippen LogP contribution in [-0.4, -0.2) is 15.4 Å². The summed E-state index contributed by atoms with van der Waals surface area (Å²) >= 11 is 0. The molecule has 8 heteroatoms. The van der Waals surface area contributed by atoms with E-state index in [2.05, 4.69) is 4.98 Å². The van der Waals surface area contributed by atoms with E-state index in [1.165, 1.54) is 10.5 Å². The number of halogens is 3. The summed E-state index contributed by atoms with van der Waals surface area (Å²) < 4.78 is 44.0. The van der Waals surface area contributed by atoms with Crippen molar-refractivity contribution in [1.82, 2.24) is 9.38 Å². The number of pyridine rings is 1. The number of carbonyl (C=O) groups excluding carboxylic acids is 1. The summed E-state index contributed by atoms with van der Waals surface area (Å²) in [5.74, 6) is -0.801. The average molecular weight is 362 g/mol. The Hall–Kier alpha value is -3.16. The van der Waals surface area contributed by atoms with Gasteiger partial charge in [-0.3, -0.25) is 9.20 Å². The van der Waals surface area contributed by atoms with E-state index in [1.54, 1.807) is 18.3 Å². The number of nitrogens with zero attached hydrogens (tertiary/aromatic N) is 2. The third kappa shape index (κ3) is 3.74. The van der Waals surface area contributed by atoms with E-state index < -0.39 is 17.7 Å². The van der Waals surface area contributed by atoms with Crippen molar-refractivity contribution in [2.75, 3.05) is 0 Å². The van der Waals surface area contributed by atoms with Crippen molar-refractivity contribution >= 4 is 11.6 Å². The monoisotopic (exact) mass is 362 g/mol. The highest BCUT2D eigenvalue weighted by Crippen LogP contribution is 2.29. The Morgan fingerprint density at radius 2 is 1.85 bits per heavy atom. The molecule has 134 valence electrons. The number of aromatic nitrogens is 2. The van der Waals surface area contributed by atoms with Crippen LogP contribution in [0.3, 0.4) is 0 Å². The number of fused-ring (bicyclic) bond motifs is 1. The van der Waals surface area contributed by atoms with Crippen LogP contribution in [-0.2, 0) is 17.5 Å². The molecule has 2 heterocycles. The number of esters is 1. The van der Waals surface area contributed by atoms with Crippen LogP contribution in [0.15, 0.2) is 53.5 Å². The van der Waals surface area contributed by atoms with Crippen molar-refractivity contribution in [2.45, 2.75) is 19.7 Å². The molecule has 0 fully saturated rings. The zero-order valence-electron chi connectivity index (χ0n) is 13.6. The van der Waals surface area contributed by atoms with Crippen LogP contribution in [0.25, 0.3) is 5.65 Å². The largest absolute Gasteiger partial charge is 0.456 e. The van der Waals surface area contributed by atoms with Crippen LogP contribution in [0.1, 0.15) is 27.2 Å². The summed E-state index contributed by atoms with van der Waals surface area (Å²) in [5, 5.41) is 0.